The fraction of sp³-hybridized carbons (Fsp3) is 0.320. The Morgan fingerprint density at radius 1 is 1.00 bits per heavy atom. The standard InChI is InChI=1S/C25H24O3/c1-16-12-24(2,3)15-25(13-16)14-19-21(28-25)10-9-18-20(26)11-22(27-23(18)19)17-7-5-4-6-8-17/h4-11,13H,12,14-15H2,1-3H3/t25-/m0/s1. The highest BCUT2D eigenvalue weighted by atomic mass is 16.5. The number of ether oxygens (including phenoxy) is 1. The SMILES string of the molecule is CC1=C[C@]2(Cc3c(ccc4c(=O)cc(-c5ccccc5)oc34)O2)CC(C)(C)C1. The van der Waals surface area contributed by atoms with E-state index in [0.717, 1.165) is 36.1 Å². The van der Waals surface area contributed by atoms with E-state index in [2.05, 4.69) is 26.8 Å². The lowest BCUT2D eigenvalue weighted by Crippen LogP contribution is -2.40. The monoisotopic (exact) mass is 372 g/mol. The summed E-state index contributed by atoms with van der Waals surface area (Å²) >= 11 is 0. The van der Waals surface area contributed by atoms with Gasteiger partial charge < -0.3 is 9.15 Å². The molecule has 28 heavy (non-hydrogen) atoms. The van der Waals surface area contributed by atoms with Gasteiger partial charge in [-0.05, 0) is 43.4 Å². The van der Waals surface area contributed by atoms with Gasteiger partial charge in [0.05, 0.1) is 5.39 Å². The summed E-state index contributed by atoms with van der Waals surface area (Å²) < 4.78 is 12.8. The molecule has 3 heteroatoms. The minimum absolute atomic E-state index is 0.0143. The molecule has 0 saturated carbocycles. The molecule has 1 aromatic heterocycles. The Morgan fingerprint density at radius 2 is 1.79 bits per heavy atom. The Labute approximate surface area is 164 Å². The average molecular weight is 372 g/mol. The van der Waals surface area contributed by atoms with E-state index in [9.17, 15) is 4.79 Å². The lowest BCUT2D eigenvalue weighted by molar-refractivity contribution is 0.0752. The molecule has 1 aliphatic carbocycles. The number of rotatable bonds is 1. The summed E-state index contributed by atoms with van der Waals surface area (Å²) in [6.07, 6.45) is 5.06. The van der Waals surface area contributed by atoms with E-state index in [4.69, 9.17) is 9.15 Å². The van der Waals surface area contributed by atoms with Crippen LogP contribution in [0.4, 0.5) is 0 Å². The second kappa shape index (κ2) is 5.84. The van der Waals surface area contributed by atoms with Gasteiger partial charge in [0.2, 0.25) is 0 Å². The van der Waals surface area contributed by atoms with Crippen molar-refractivity contribution >= 4 is 11.0 Å². The molecule has 1 spiro atoms. The largest absolute Gasteiger partial charge is 0.482 e. The maximum absolute atomic E-state index is 12.8. The number of hydrogen-bond donors (Lipinski definition) is 0. The van der Waals surface area contributed by atoms with Crippen LogP contribution < -0.4 is 10.2 Å². The van der Waals surface area contributed by atoms with Crippen molar-refractivity contribution in [2.24, 2.45) is 5.41 Å². The van der Waals surface area contributed by atoms with E-state index < -0.39 is 0 Å². The summed E-state index contributed by atoms with van der Waals surface area (Å²) in [5.74, 6) is 1.44. The number of hydrogen-bond acceptors (Lipinski definition) is 3. The van der Waals surface area contributed by atoms with E-state index in [0.29, 0.717) is 16.7 Å². The Hall–Kier alpha value is -2.81. The molecule has 0 unspecified atom stereocenters. The predicted octanol–water partition coefficient (Wildman–Crippen LogP) is 5.90. The normalized spacial score (nSPS) is 22.8. The van der Waals surface area contributed by atoms with Crippen LogP contribution in [-0.4, -0.2) is 5.60 Å². The van der Waals surface area contributed by atoms with E-state index in [1.165, 1.54) is 5.57 Å². The fourth-order valence-electron chi connectivity index (χ4n) is 5.18. The molecule has 0 amide bonds. The second-order valence-electron chi connectivity index (χ2n) is 9.11. The van der Waals surface area contributed by atoms with E-state index in [1.807, 2.05) is 42.5 Å². The molecule has 2 heterocycles. The van der Waals surface area contributed by atoms with Gasteiger partial charge in [0.15, 0.2) is 5.43 Å². The molecule has 0 fully saturated rings. The average Bonchev–Trinajstić information content (AvgIpc) is 2.97. The van der Waals surface area contributed by atoms with Crippen molar-refractivity contribution in [2.75, 3.05) is 0 Å². The predicted molar refractivity (Wildman–Crippen MR) is 112 cm³/mol. The third kappa shape index (κ3) is 2.77. The minimum atomic E-state index is -0.343. The summed E-state index contributed by atoms with van der Waals surface area (Å²) in [6.45, 7) is 6.77. The highest BCUT2D eigenvalue weighted by molar-refractivity contribution is 5.84. The molecular weight excluding hydrogens is 348 g/mol. The van der Waals surface area contributed by atoms with E-state index >= 15 is 0 Å². The first kappa shape index (κ1) is 17.3. The van der Waals surface area contributed by atoms with Gasteiger partial charge in [-0.3, -0.25) is 4.79 Å². The van der Waals surface area contributed by atoms with Gasteiger partial charge in [0.1, 0.15) is 22.7 Å². The molecule has 0 radical (unpaired) electrons. The van der Waals surface area contributed by atoms with Crippen molar-refractivity contribution in [3.05, 3.63) is 76.0 Å². The van der Waals surface area contributed by atoms with Gasteiger partial charge in [-0.15, -0.1) is 0 Å². The summed E-state index contributed by atoms with van der Waals surface area (Å²) in [4.78, 5) is 12.8. The molecule has 3 aromatic rings. The summed E-state index contributed by atoms with van der Waals surface area (Å²) in [7, 11) is 0. The zero-order valence-electron chi connectivity index (χ0n) is 16.5. The molecule has 142 valence electrons. The minimum Gasteiger partial charge on any atom is -0.482 e. The first-order valence-corrected chi connectivity index (χ1v) is 9.87. The lowest BCUT2D eigenvalue weighted by atomic mass is 9.70. The highest BCUT2D eigenvalue weighted by Gasteiger charge is 2.45. The summed E-state index contributed by atoms with van der Waals surface area (Å²) in [5.41, 5.74) is 3.77. The van der Waals surface area contributed by atoms with Crippen LogP contribution in [0.2, 0.25) is 0 Å². The summed E-state index contributed by atoms with van der Waals surface area (Å²) in [6, 6.07) is 15.1. The lowest BCUT2D eigenvalue weighted by Gasteiger charge is -2.40. The quantitative estimate of drug-likeness (QED) is 0.499. The zero-order valence-corrected chi connectivity index (χ0v) is 16.5. The van der Waals surface area contributed by atoms with E-state index in [-0.39, 0.29) is 16.4 Å². The van der Waals surface area contributed by atoms with Crippen LogP contribution in [0.25, 0.3) is 22.3 Å². The van der Waals surface area contributed by atoms with Crippen LogP contribution in [0.5, 0.6) is 5.75 Å². The maximum Gasteiger partial charge on any atom is 0.193 e. The highest BCUT2D eigenvalue weighted by Crippen LogP contribution is 2.49. The Balaban J connectivity index is 1.68. The van der Waals surface area contributed by atoms with Crippen molar-refractivity contribution in [1.29, 1.82) is 0 Å². The van der Waals surface area contributed by atoms with Gasteiger partial charge >= 0.3 is 0 Å². The molecular formula is C25H24O3. The van der Waals surface area contributed by atoms with Crippen LogP contribution in [0.1, 0.15) is 39.2 Å². The maximum atomic E-state index is 12.8. The molecule has 1 atom stereocenters. The molecule has 2 aliphatic rings. The Bertz CT molecular complexity index is 1170. The van der Waals surface area contributed by atoms with Crippen LogP contribution in [0, 0.1) is 5.41 Å². The fourth-order valence-corrected chi connectivity index (χ4v) is 5.18. The molecule has 1 aliphatic heterocycles. The van der Waals surface area contributed by atoms with Gasteiger partial charge in [0.25, 0.3) is 0 Å². The first-order valence-electron chi connectivity index (χ1n) is 9.87. The van der Waals surface area contributed by atoms with Gasteiger partial charge in [-0.25, -0.2) is 0 Å². The molecule has 2 aromatic carbocycles. The molecule has 5 rings (SSSR count). The molecule has 0 N–H and O–H groups in total. The van der Waals surface area contributed by atoms with Crippen LogP contribution in [0.3, 0.4) is 0 Å². The van der Waals surface area contributed by atoms with Crippen LogP contribution in [0.15, 0.2) is 69.4 Å². The third-order valence-corrected chi connectivity index (χ3v) is 5.85. The van der Waals surface area contributed by atoms with Crippen molar-refractivity contribution in [1.82, 2.24) is 0 Å². The van der Waals surface area contributed by atoms with Crippen molar-refractivity contribution in [3.8, 4) is 17.1 Å². The summed E-state index contributed by atoms with van der Waals surface area (Å²) in [5, 5.41) is 0.620. The van der Waals surface area contributed by atoms with Crippen molar-refractivity contribution < 1.29 is 9.15 Å². The van der Waals surface area contributed by atoms with Gasteiger partial charge in [0, 0.05) is 23.6 Å². The first-order chi connectivity index (χ1) is 13.3. The molecule has 0 saturated heterocycles. The van der Waals surface area contributed by atoms with Gasteiger partial charge in [-0.2, -0.15) is 0 Å². The molecule has 0 bridgehead atoms. The zero-order chi connectivity index (χ0) is 19.5. The number of fused-ring (bicyclic) bond motifs is 3. The smallest absolute Gasteiger partial charge is 0.193 e. The van der Waals surface area contributed by atoms with Crippen LogP contribution >= 0.6 is 0 Å². The number of benzene rings is 2. The van der Waals surface area contributed by atoms with Crippen molar-refractivity contribution in [3.63, 3.8) is 0 Å². The van der Waals surface area contributed by atoms with Crippen molar-refractivity contribution in [2.45, 2.75) is 45.6 Å². The second-order valence-corrected chi connectivity index (χ2v) is 9.11. The van der Waals surface area contributed by atoms with Crippen LogP contribution in [-0.2, 0) is 6.42 Å². The Kier molecular flexibility index (Phi) is 3.61. The van der Waals surface area contributed by atoms with E-state index in [1.54, 1.807) is 6.07 Å². The number of allylic oxidation sites excluding steroid dienone is 1. The topological polar surface area (TPSA) is 39.4 Å². The van der Waals surface area contributed by atoms with Gasteiger partial charge in [-0.1, -0.05) is 49.8 Å². The molecule has 3 nitrogen and oxygen atoms in total. The Morgan fingerprint density at radius 3 is 2.54 bits per heavy atom. The third-order valence-electron chi connectivity index (χ3n) is 5.85.